The van der Waals surface area contributed by atoms with Crippen LogP contribution in [0.3, 0.4) is 0 Å². The third-order valence-corrected chi connectivity index (χ3v) is 8.23. The molecule has 0 radical (unpaired) electrons. The van der Waals surface area contributed by atoms with Crippen LogP contribution in [0.15, 0.2) is 54.1 Å². The minimum atomic E-state index is -0.651. The summed E-state index contributed by atoms with van der Waals surface area (Å²) in [6, 6.07) is 15.9. The van der Waals surface area contributed by atoms with Crippen molar-refractivity contribution in [2.75, 3.05) is 13.2 Å². The zero-order chi connectivity index (χ0) is 31.3. The number of nitriles is 1. The third kappa shape index (κ3) is 6.39. The highest BCUT2D eigenvalue weighted by Crippen LogP contribution is 2.32. The summed E-state index contributed by atoms with van der Waals surface area (Å²) in [6.07, 6.45) is 1.27. The smallest absolute Gasteiger partial charge is 0.348 e. The minimum absolute atomic E-state index is 0.0000534. The molecule has 2 heterocycles. The number of ether oxygens (including phenoxy) is 2. The van der Waals surface area contributed by atoms with Crippen LogP contribution >= 0.6 is 11.3 Å². The zero-order valence-corrected chi connectivity index (χ0v) is 24.9. The SMILES string of the molecule is CCOC(=O)c1sc(CC(=O)/C(C#N)=C/c2c(C)n(Cc3ccc([N+](=O)[O-])cc3)c3ccccc23)c(C(=O)OCC)c1C. The van der Waals surface area contributed by atoms with Crippen molar-refractivity contribution in [1.82, 2.24) is 4.57 Å². The number of thiophene rings is 1. The zero-order valence-electron chi connectivity index (χ0n) is 24.1. The molecular weight excluding hydrogens is 570 g/mol. The van der Waals surface area contributed by atoms with Gasteiger partial charge in [0.05, 0.1) is 29.3 Å². The minimum Gasteiger partial charge on any atom is -0.462 e. The summed E-state index contributed by atoms with van der Waals surface area (Å²) >= 11 is 0.986. The number of para-hydroxylation sites is 1. The lowest BCUT2D eigenvalue weighted by Crippen LogP contribution is -2.12. The van der Waals surface area contributed by atoms with Crippen molar-refractivity contribution in [2.45, 2.75) is 40.7 Å². The number of ketones is 1. The number of carbonyl (C=O) groups excluding carboxylic acids is 3. The quantitative estimate of drug-likeness (QED) is 0.0638. The number of nitrogens with zero attached hydrogens (tertiary/aromatic N) is 3. The van der Waals surface area contributed by atoms with Gasteiger partial charge in [0.15, 0.2) is 5.78 Å². The van der Waals surface area contributed by atoms with E-state index in [0.717, 1.165) is 33.5 Å². The Balaban J connectivity index is 1.73. The maximum absolute atomic E-state index is 13.5. The Morgan fingerprint density at radius 1 is 1.02 bits per heavy atom. The summed E-state index contributed by atoms with van der Waals surface area (Å²) < 4.78 is 12.3. The fourth-order valence-corrected chi connectivity index (χ4v) is 6.05. The van der Waals surface area contributed by atoms with Crippen molar-refractivity contribution in [1.29, 1.82) is 5.26 Å². The van der Waals surface area contributed by atoms with Crippen molar-refractivity contribution in [3.8, 4) is 6.07 Å². The fourth-order valence-electron chi connectivity index (χ4n) is 4.87. The van der Waals surface area contributed by atoms with E-state index in [1.54, 1.807) is 39.0 Å². The summed E-state index contributed by atoms with van der Waals surface area (Å²) in [5.74, 6) is -1.76. The number of hydrogen-bond donors (Lipinski definition) is 0. The predicted molar refractivity (Wildman–Crippen MR) is 162 cm³/mol. The number of Topliss-reactive ketones (excluding diaryl/α,β-unsaturated/α-hetero) is 1. The lowest BCUT2D eigenvalue weighted by molar-refractivity contribution is -0.384. The van der Waals surface area contributed by atoms with E-state index in [2.05, 4.69) is 0 Å². The second kappa shape index (κ2) is 13.3. The standard InChI is InChI=1S/C32H29N3O7S/c1-5-41-31(37)29-19(3)30(32(38)42-6-2)43-28(29)16-27(36)22(17-33)15-25-20(4)34(26-10-8-7-9-24(25)26)18-21-11-13-23(14-12-21)35(39)40/h7-15H,5-6,16,18H2,1-4H3/b22-15+. The molecular formula is C32H29N3O7S. The largest absolute Gasteiger partial charge is 0.462 e. The van der Waals surface area contributed by atoms with Gasteiger partial charge in [0.2, 0.25) is 0 Å². The van der Waals surface area contributed by atoms with Crippen molar-refractivity contribution in [3.63, 3.8) is 0 Å². The molecule has 0 N–H and O–H groups in total. The topological polar surface area (TPSA) is 142 Å². The highest BCUT2D eigenvalue weighted by Gasteiger charge is 2.28. The molecule has 11 heteroatoms. The normalized spacial score (nSPS) is 11.3. The van der Waals surface area contributed by atoms with Gasteiger partial charge in [0, 0.05) is 52.1 Å². The van der Waals surface area contributed by atoms with Crippen LogP contribution in [-0.4, -0.2) is 40.4 Å². The van der Waals surface area contributed by atoms with Crippen molar-refractivity contribution in [3.05, 3.63) is 102 Å². The summed E-state index contributed by atoms with van der Waals surface area (Å²) in [5, 5.41) is 21.9. The molecule has 10 nitrogen and oxygen atoms in total. The molecule has 0 aliphatic carbocycles. The second-order valence-corrected chi connectivity index (χ2v) is 10.7. The van der Waals surface area contributed by atoms with Gasteiger partial charge in [0.25, 0.3) is 5.69 Å². The Labute approximate surface area is 251 Å². The van der Waals surface area contributed by atoms with Crippen LogP contribution in [0.25, 0.3) is 17.0 Å². The molecule has 0 aliphatic heterocycles. The van der Waals surface area contributed by atoms with Gasteiger partial charge in [-0.25, -0.2) is 9.59 Å². The van der Waals surface area contributed by atoms with Crippen LogP contribution < -0.4 is 0 Å². The van der Waals surface area contributed by atoms with E-state index in [-0.39, 0.29) is 41.3 Å². The molecule has 0 saturated carbocycles. The van der Waals surface area contributed by atoms with Crippen LogP contribution in [0.2, 0.25) is 0 Å². The van der Waals surface area contributed by atoms with Gasteiger partial charge >= 0.3 is 11.9 Å². The van der Waals surface area contributed by atoms with Crippen LogP contribution in [0.5, 0.6) is 0 Å². The lowest BCUT2D eigenvalue weighted by Gasteiger charge is -2.09. The van der Waals surface area contributed by atoms with E-state index in [4.69, 9.17) is 9.47 Å². The Bertz CT molecular complexity index is 1810. The molecule has 0 saturated heterocycles. The van der Waals surface area contributed by atoms with E-state index >= 15 is 0 Å². The van der Waals surface area contributed by atoms with Gasteiger partial charge in [-0.15, -0.1) is 11.3 Å². The fraction of sp³-hybridized carbons (Fsp3) is 0.250. The molecule has 2 aromatic heterocycles. The Morgan fingerprint density at radius 2 is 1.67 bits per heavy atom. The molecule has 0 fully saturated rings. The van der Waals surface area contributed by atoms with E-state index in [1.165, 1.54) is 12.1 Å². The number of hydrogen-bond acceptors (Lipinski definition) is 9. The number of benzene rings is 2. The van der Waals surface area contributed by atoms with Gasteiger partial charge in [-0.2, -0.15) is 5.26 Å². The van der Waals surface area contributed by atoms with E-state index in [0.29, 0.717) is 22.5 Å². The molecule has 0 unspecified atom stereocenters. The number of carbonyl (C=O) groups is 3. The molecule has 4 aromatic rings. The number of nitro groups is 1. The monoisotopic (exact) mass is 599 g/mol. The number of fused-ring (bicyclic) bond motifs is 1. The van der Waals surface area contributed by atoms with E-state index < -0.39 is 22.6 Å². The molecule has 0 atom stereocenters. The molecule has 2 aromatic carbocycles. The number of allylic oxidation sites excluding steroid dienone is 1. The Kier molecular flexibility index (Phi) is 9.52. The van der Waals surface area contributed by atoms with Crippen LogP contribution in [0.1, 0.15) is 61.1 Å². The lowest BCUT2D eigenvalue weighted by atomic mass is 10.0. The summed E-state index contributed by atoms with van der Waals surface area (Å²) in [4.78, 5) is 50.0. The van der Waals surface area contributed by atoms with Gasteiger partial charge in [-0.05, 0) is 51.0 Å². The molecule has 220 valence electrons. The number of aromatic nitrogens is 1. The first-order valence-corrected chi connectivity index (χ1v) is 14.3. The van der Waals surface area contributed by atoms with Gasteiger partial charge in [0.1, 0.15) is 10.9 Å². The average Bonchev–Trinajstić information content (AvgIpc) is 3.45. The van der Waals surface area contributed by atoms with Gasteiger partial charge in [-0.1, -0.05) is 30.3 Å². The first-order valence-electron chi connectivity index (χ1n) is 13.5. The third-order valence-electron chi connectivity index (χ3n) is 6.96. The number of nitro benzene ring substituents is 1. The Morgan fingerprint density at radius 3 is 2.30 bits per heavy atom. The van der Waals surface area contributed by atoms with E-state index in [9.17, 15) is 29.8 Å². The van der Waals surface area contributed by atoms with Crippen LogP contribution in [0, 0.1) is 35.3 Å². The summed E-state index contributed by atoms with van der Waals surface area (Å²) in [5.41, 5.74) is 3.59. The number of rotatable bonds is 11. The summed E-state index contributed by atoms with van der Waals surface area (Å²) in [7, 11) is 0. The van der Waals surface area contributed by atoms with Crippen LogP contribution in [0.4, 0.5) is 5.69 Å². The molecule has 43 heavy (non-hydrogen) atoms. The first-order chi connectivity index (χ1) is 20.6. The number of esters is 2. The average molecular weight is 600 g/mol. The number of non-ortho nitro benzene ring substituents is 1. The molecule has 0 spiro atoms. The highest BCUT2D eigenvalue weighted by molar-refractivity contribution is 7.14. The van der Waals surface area contributed by atoms with Crippen molar-refractivity contribution in [2.24, 2.45) is 0 Å². The molecule has 4 rings (SSSR count). The van der Waals surface area contributed by atoms with Crippen molar-refractivity contribution < 1.29 is 28.8 Å². The second-order valence-electron chi connectivity index (χ2n) is 9.59. The van der Waals surface area contributed by atoms with Gasteiger partial charge in [-0.3, -0.25) is 14.9 Å². The molecule has 0 bridgehead atoms. The predicted octanol–water partition coefficient (Wildman–Crippen LogP) is 6.35. The van der Waals surface area contributed by atoms with E-state index in [1.807, 2.05) is 41.8 Å². The first kappa shape index (κ1) is 30.9. The maximum atomic E-state index is 13.5. The molecule has 0 aliphatic rings. The maximum Gasteiger partial charge on any atom is 0.348 e. The highest BCUT2D eigenvalue weighted by atomic mass is 32.1. The van der Waals surface area contributed by atoms with Crippen molar-refractivity contribution >= 4 is 51.7 Å². The van der Waals surface area contributed by atoms with Gasteiger partial charge < -0.3 is 14.0 Å². The molecule has 0 amide bonds. The Hall–Kier alpha value is -5.08. The summed E-state index contributed by atoms with van der Waals surface area (Å²) in [6.45, 7) is 7.50. The van der Waals surface area contributed by atoms with Crippen LogP contribution in [-0.2, 0) is 27.2 Å².